The van der Waals surface area contributed by atoms with Crippen molar-refractivity contribution in [3.63, 3.8) is 0 Å². The van der Waals surface area contributed by atoms with Crippen LogP contribution in [0.15, 0.2) is 48.7 Å². The van der Waals surface area contributed by atoms with Gasteiger partial charge in [0.1, 0.15) is 11.3 Å². The molecule has 3 rings (SSSR count). The maximum absolute atomic E-state index is 13.1. The summed E-state index contributed by atoms with van der Waals surface area (Å²) in [6, 6.07) is 11.3. The predicted octanol–water partition coefficient (Wildman–Crippen LogP) is 3.70. The molecule has 3 aromatic rings. The lowest BCUT2D eigenvalue weighted by atomic mass is 10.0. The Kier molecular flexibility index (Phi) is 3.47. The van der Waals surface area contributed by atoms with Gasteiger partial charge in [0.05, 0.1) is 5.69 Å². The molecule has 0 radical (unpaired) electrons. The molecule has 0 unspecified atom stereocenters. The van der Waals surface area contributed by atoms with E-state index < -0.39 is 0 Å². The van der Waals surface area contributed by atoms with Gasteiger partial charge in [0.25, 0.3) is 0 Å². The molecule has 0 aliphatic heterocycles. The summed E-state index contributed by atoms with van der Waals surface area (Å²) in [5.41, 5.74) is 2.34. The van der Waals surface area contributed by atoms with Crippen molar-refractivity contribution in [2.75, 3.05) is 5.32 Å². The minimum absolute atomic E-state index is 0.0864. The first-order valence-corrected chi connectivity index (χ1v) is 6.70. The maximum Gasteiger partial charge on any atom is 0.221 e. The topological polar surface area (TPSA) is 62.2 Å². The van der Waals surface area contributed by atoms with Crippen molar-refractivity contribution in [2.45, 2.75) is 6.92 Å². The van der Waals surface area contributed by atoms with Crippen LogP contribution in [-0.4, -0.2) is 16.0 Å². The Balaban J connectivity index is 2.19. The van der Waals surface area contributed by atoms with Crippen LogP contribution in [0.1, 0.15) is 6.92 Å². The molecule has 5 heteroatoms. The summed E-state index contributed by atoms with van der Waals surface area (Å²) in [5.74, 6) is -0.668. The average molecular weight is 296 g/mol. The first kappa shape index (κ1) is 14.0. The number of aromatic nitrogens is 1. The minimum Gasteiger partial charge on any atom is -0.504 e. The molecular formula is C17H13FN2O2. The molecule has 0 aliphatic carbocycles. The van der Waals surface area contributed by atoms with E-state index >= 15 is 0 Å². The van der Waals surface area contributed by atoms with Crippen LogP contribution in [0, 0.1) is 5.82 Å². The van der Waals surface area contributed by atoms with Crippen molar-refractivity contribution in [2.24, 2.45) is 0 Å². The highest BCUT2D eigenvalue weighted by atomic mass is 19.1. The molecule has 0 fully saturated rings. The molecule has 0 atom stereocenters. The molecule has 4 nitrogen and oxygen atoms in total. The second-order valence-electron chi connectivity index (χ2n) is 4.90. The van der Waals surface area contributed by atoms with Gasteiger partial charge in [-0.15, -0.1) is 0 Å². The fourth-order valence-electron chi connectivity index (χ4n) is 2.38. The second-order valence-corrected chi connectivity index (χ2v) is 4.90. The number of rotatable bonds is 2. The number of hydrogen-bond donors (Lipinski definition) is 2. The van der Waals surface area contributed by atoms with E-state index in [4.69, 9.17) is 0 Å². The number of phenolic OH excluding ortho intramolecular Hbond substituents is 1. The summed E-state index contributed by atoms with van der Waals surface area (Å²) >= 11 is 0. The SMILES string of the molecule is CC(=O)Nc1ccc2c(-c3ccc(F)cc3)ccnc2c1O. The van der Waals surface area contributed by atoms with Gasteiger partial charge in [-0.25, -0.2) is 4.39 Å². The fraction of sp³-hybridized carbons (Fsp3) is 0.0588. The Bertz CT molecular complexity index is 860. The molecule has 2 aromatic carbocycles. The van der Waals surface area contributed by atoms with Crippen LogP contribution in [0.5, 0.6) is 5.75 Å². The minimum atomic E-state index is -0.307. The molecule has 0 saturated heterocycles. The van der Waals surface area contributed by atoms with Crippen molar-refractivity contribution in [1.29, 1.82) is 0 Å². The summed E-state index contributed by atoms with van der Waals surface area (Å²) in [6.45, 7) is 1.37. The Morgan fingerprint density at radius 1 is 1.14 bits per heavy atom. The Morgan fingerprint density at radius 3 is 2.55 bits per heavy atom. The fourth-order valence-corrected chi connectivity index (χ4v) is 2.38. The van der Waals surface area contributed by atoms with Crippen LogP contribution in [0.2, 0.25) is 0 Å². The largest absolute Gasteiger partial charge is 0.504 e. The molecular weight excluding hydrogens is 283 g/mol. The highest BCUT2D eigenvalue weighted by Crippen LogP contribution is 2.36. The van der Waals surface area contributed by atoms with Crippen molar-refractivity contribution in [1.82, 2.24) is 4.98 Å². The molecule has 1 aromatic heterocycles. The van der Waals surface area contributed by atoms with E-state index in [1.807, 2.05) is 0 Å². The summed E-state index contributed by atoms with van der Waals surface area (Å²) < 4.78 is 13.1. The molecule has 2 N–H and O–H groups in total. The number of benzene rings is 2. The van der Waals surface area contributed by atoms with E-state index in [0.29, 0.717) is 11.2 Å². The first-order valence-electron chi connectivity index (χ1n) is 6.70. The van der Waals surface area contributed by atoms with Crippen molar-refractivity contribution in [3.05, 3.63) is 54.5 Å². The number of phenols is 1. The molecule has 0 spiro atoms. The van der Waals surface area contributed by atoms with Crippen molar-refractivity contribution in [3.8, 4) is 16.9 Å². The lowest BCUT2D eigenvalue weighted by molar-refractivity contribution is -0.114. The average Bonchev–Trinajstić information content (AvgIpc) is 2.50. The number of aromatic hydroxyl groups is 1. The number of amides is 1. The molecule has 22 heavy (non-hydrogen) atoms. The number of nitrogens with zero attached hydrogens (tertiary/aromatic N) is 1. The zero-order valence-electron chi connectivity index (χ0n) is 11.8. The normalized spacial score (nSPS) is 10.6. The van der Waals surface area contributed by atoms with Crippen LogP contribution in [0.25, 0.3) is 22.0 Å². The molecule has 110 valence electrons. The number of hydrogen-bond acceptors (Lipinski definition) is 3. The van der Waals surface area contributed by atoms with Gasteiger partial charge in [-0.2, -0.15) is 0 Å². The second kappa shape index (κ2) is 5.44. The summed E-state index contributed by atoms with van der Waals surface area (Å²) in [6.07, 6.45) is 1.57. The van der Waals surface area contributed by atoms with Gasteiger partial charge in [-0.1, -0.05) is 12.1 Å². The third kappa shape index (κ3) is 2.48. The Hall–Kier alpha value is -2.95. The van der Waals surface area contributed by atoms with Gasteiger partial charge in [0.15, 0.2) is 5.75 Å². The van der Waals surface area contributed by atoms with E-state index in [2.05, 4.69) is 10.3 Å². The van der Waals surface area contributed by atoms with Gasteiger partial charge >= 0.3 is 0 Å². The van der Waals surface area contributed by atoms with Gasteiger partial charge in [-0.3, -0.25) is 9.78 Å². The number of anilines is 1. The first-order chi connectivity index (χ1) is 10.6. The standard InChI is InChI=1S/C17H13FN2O2/c1-10(21)20-15-7-6-14-13(8-9-19-16(14)17(15)22)11-2-4-12(18)5-3-11/h2-9,22H,1H3,(H,20,21). The van der Waals surface area contributed by atoms with E-state index in [9.17, 15) is 14.3 Å². The van der Waals surface area contributed by atoms with E-state index in [0.717, 1.165) is 16.5 Å². The van der Waals surface area contributed by atoms with Gasteiger partial charge in [0.2, 0.25) is 5.91 Å². The highest BCUT2D eigenvalue weighted by Gasteiger charge is 2.12. The molecule has 0 saturated carbocycles. The van der Waals surface area contributed by atoms with Crippen molar-refractivity contribution >= 4 is 22.5 Å². The van der Waals surface area contributed by atoms with Crippen LogP contribution in [0.4, 0.5) is 10.1 Å². The molecule has 1 heterocycles. The third-order valence-corrected chi connectivity index (χ3v) is 3.35. The molecule has 1 amide bonds. The third-order valence-electron chi connectivity index (χ3n) is 3.35. The van der Waals surface area contributed by atoms with Crippen LogP contribution in [0.3, 0.4) is 0 Å². The summed E-state index contributed by atoms with van der Waals surface area (Å²) in [4.78, 5) is 15.3. The van der Waals surface area contributed by atoms with E-state index in [1.165, 1.54) is 19.1 Å². The highest BCUT2D eigenvalue weighted by molar-refractivity contribution is 6.02. The molecule has 0 bridgehead atoms. The van der Waals surface area contributed by atoms with Crippen LogP contribution >= 0.6 is 0 Å². The summed E-state index contributed by atoms with van der Waals surface area (Å²) in [7, 11) is 0. The zero-order chi connectivity index (χ0) is 15.7. The van der Waals surface area contributed by atoms with Crippen LogP contribution < -0.4 is 5.32 Å². The lowest BCUT2D eigenvalue weighted by Gasteiger charge is -2.11. The Morgan fingerprint density at radius 2 is 1.86 bits per heavy atom. The monoisotopic (exact) mass is 296 g/mol. The number of pyridine rings is 1. The maximum atomic E-state index is 13.1. The summed E-state index contributed by atoms with van der Waals surface area (Å²) in [5, 5.41) is 13.6. The van der Waals surface area contributed by atoms with Gasteiger partial charge in [-0.05, 0) is 41.5 Å². The number of halogens is 1. The van der Waals surface area contributed by atoms with E-state index in [-0.39, 0.29) is 17.5 Å². The molecule has 0 aliphatic rings. The number of nitrogens with one attached hydrogen (secondary N) is 1. The van der Waals surface area contributed by atoms with Crippen LogP contribution in [-0.2, 0) is 4.79 Å². The van der Waals surface area contributed by atoms with Crippen molar-refractivity contribution < 1.29 is 14.3 Å². The smallest absolute Gasteiger partial charge is 0.221 e. The zero-order valence-corrected chi connectivity index (χ0v) is 11.8. The number of carbonyl (C=O) groups is 1. The number of fused-ring (bicyclic) bond motifs is 1. The quantitative estimate of drug-likeness (QED) is 0.709. The van der Waals surface area contributed by atoms with E-state index in [1.54, 1.807) is 36.5 Å². The Labute approximate surface area is 126 Å². The van der Waals surface area contributed by atoms with Gasteiger partial charge < -0.3 is 10.4 Å². The predicted molar refractivity (Wildman–Crippen MR) is 83.1 cm³/mol. The number of carbonyl (C=O) groups excluding carboxylic acids is 1. The van der Waals surface area contributed by atoms with Gasteiger partial charge in [0, 0.05) is 18.5 Å². The lowest BCUT2D eigenvalue weighted by Crippen LogP contribution is -2.06.